The Morgan fingerprint density at radius 2 is 2.20 bits per heavy atom. The van der Waals surface area contributed by atoms with E-state index in [4.69, 9.17) is 10.2 Å². The van der Waals surface area contributed by atoms with Gasteiger partial charge in [0.25, 0.3) is 6.43 Å². The fraction of sp³-hybridized carbons (Fsp3) is 0.500. The molecule has 0 radical (unpaired) electrons. The molecule has 8 nitrogen and oxygen atoms in total. The molecule has 0 atom stereocenters. The molecule has 0 aliphatic heterocycles. The van der Waals surface area contributed by atoms with Crippen LogP contribution in [0.15, 0.2) is 12.4 Å². The third-order valence-electron chi connectivity index (χ3n) is 2.20. The van der Waals surface area contributed by atoms with Gasteiger partial charge in [-0.3, -0.25) is 9.48 Å². The summed E-state index contributed by atoms with van der Waals surface area (Å²) in [5, 5.41) is 23.2. The number of carboxylic acid groups (broad SMARTS) is 1. The van der Waals surface area contributed by atoms with Gasteiger partial charge in [-0.15, -0.1) is 0 Å². The zero-order valence-electron chi connectivity index (χ0n) is 10.4. The molecule has 1 rings (SSSR count). The lowest BCUT2D eigenvalue weighted by Crippen LogP contribution is -2.40. The molecule has 0 fully saturated rings. The van der Waals surface area contributed by atoms with E-state index in [1.54, 1.807) is 0 Å². The van der Waals surface area contributed by atoms with E-state index in [-0.39, 0.29) is 18.8 Å². The zero-order chi connectivity index (χ0) is 15.1. The first kappa shape index (κ1) is 15.8. The molecule has 1 heterocycles. The molecule has 0 spiro atoms. The Kier molecular flexibility index (Phi) is 5.84. The maximum Gasteiger partial charge on any atom is 0.325 e. The SMILES string of the molecule is O=C(O)Cn1cc(NC(=O)N(CCO)CC(F)F)cn1. The highest BCUT2D eigenvalue weighted by Gasteiger charge is 2.18. The second kappa shape index (κ2) is 7.38. The Bertz CT molecular complexity index is 466. The molecule has 3 N–H and O–H groups in total. The number of carbonyl (C=O) groups excluding carboxylic acids is 1. The summed E-state index contributed by atoms with van der Waals surface area (Å²) in [5.41, 5.74) is 0.174. The molecule has 20 heavy (non-hydrogen) atoms. The van der Waals surface area contributed by atoms with Crippen molar-refractivity contribution in [2.24, 2.45) is 0 Å². The van der Waals surface area contributed by atoms with Crippen LogP contribution in [-0.4, -0.2) is 63.0 Å². The van der Waals surface area contributed by atoms with E-state index in [9.17, 15) is 18.4 Å². The molecule has 0 saturated carbocycles. The highest BCUT2D eigenvalue weighted by Crippen LogP contribution is 2.07. The number of anilines is 1. The lowest BCUT2D eigenvalue weighted by atomic mass is 10.5. The molecule has 10 heteroatoms. The van der Waals surface area contributed by atoms with Gasteiger partial charge in [-0.25, -0.2) is 13.6 Å². The number of hydrogen-bond donors (Lipinski definition) is 3. The smallest absolute Gasteiger partial charge is 0.325 e. The van der Waals surface area contributed by atoms with Gasteiger partial charge in [0.1, 0.15) is 6.54 Å². The molecule has 0 saturated heterocycles. The van der Waals surface area contributed by atoms with Gasteiger partial charge in [0.05, 0.1) is 25.0 Å². The van der Waals surface area contributed by atoms with Gasteiger partial charge >= 0.3 is 12.0 Å². The summed E-state index contributed by atoms with van der Waals surface area (Å²) >= 11 is 0. The van der Waals surface area contributed by atoms with Gasteiger partial charge in [-0.05, 0) is 0 Å². The Labute approximate surface area is 112 Å². The van der Waals surface area contributed by atoms with Crippen LogP contribution >= 0.6 is 0 Å². The molecule has 1 aromatic rings. The van der Waals surface area contributed by atoms with Gasteiger partial charge in [0.2, 0.25) is 0 Å². The number of rotatable bonds is 7. The van der Waals surface area contributed by atoms with Crippen molar-refractivity contribution >= 4 is 17.7 Å². The molecular weight excluding hydrogens is 278 g/mol. The lowest BCUT2D eigenvalue weighted by Gasteiger charge is -2.21. The van der Waals surface area contributed by atoms with E-state index in [1.807, 2.05) is 0 Å². The summed E-state index contributed by atoms with van der Waals surface area (Å²) in [7, 11) is 0. The average molecular weight is 292 g/mol. The Hall–Kier alpha value is -2.23. The van der Waals surface area contributed by atoms with E-state index in [1.165, 1.54) is 12.4 Å². The molecule has 2 amide bonds. The number of aliphatic hydroxyl groups is 1. The predicted molar refractivity (Wildman–Crippen MR) is 63.5 cm³/mol. The summed E-state index contributed by atoms with van der Waals surface area (Å²) in [4.78, 5) is 22.9. The number of halogens is 2. The standard InChI is InChI=1S/C10H14F2N4O4/c11-8(12)5-15(1-2-17)10(20)14-7-3-13-16(4-7)6-9(18)19/h3-4,8,17H,1-2,5-6H2,(H,14,20)(H,18,19). The third-order valence-corrected chi connectivity index (χ3v) is 2.20. The van der Waals surface area contributed by atoms with E-state index >= 15 is 0 Å². The van der Waals surface area contributed by atoms with Crippen molar-refractivity contribution in [2.75, 3.05) is 25.0 Å². The molecule has 0 aliphatic rings. The Balaban J connectivity index is 2.62. The zero-order valence-corrected chi connectivity index (χ0v) is 10.4. The van der Waals surface area contributed by atoms with Crippen LogP contribution in [0, 0.1) is 0 Å². The molecule has 0 aliphatic carbocycles. The number of aromatic nitrogens is 2. The highest BCUT2D eigenvalue weighted by atomic mass is 19.3. The van der Waals surface area contributed by atoms with Gasteiger partial charge in [-0.1, -0.05) is 0 Å². The van der Waals surface area contributed by atoms with Crippen molar-refractivity contribution in [3.8, 4) is 0 Å². The molecule has 1 aromatic heterocycles. The number of aliphatic hydroxyl groups excluding tert-OH is 1. The molecule has 0 bridgehead atoms. The van der Waals surface area contributed by atoms with E-state index in [0.29, 0.717) is 0 Å². The van der Waals surface area contributed by atoms with Crippen molar-refractivity contribution in [3.05, 3.63) is 12.4 Å². The van der Waals surface area contributed by atoms with Crippen molar-refractivity contribution < 1.29 is 28.6 Å². The van der Waals surface area contributed by atoms with Crippen LogP contribution < -0.4 is 5.32 Å². The minimum absolute atomic E-state index is 0.174. The van der Waals surface area contributed by atoms with Crippen LogP contribution in [0.2, 0.25) is 0 Å². The van der Waals surface area contributed by atoms with Crippen molar-refractivity contribution in [1.29, 1.82) is 0 Å². The van der Waals surface area contributed by atoms with Gasteiger partial charge in [0, 0.05) is 12.7 Å². The van der Waals surface area contributed by atoms with Gasteiger partial charge < -0.3 is 20.4 Å². The van der Waals surface area contributed by atoms with Crippen LogP contribution in [0.25, 0.3) is 0 Å². The van der Waals surface area contributed by atoms with Crippen molar-refractivity contribution in [1.82, 2.24) is 14.7 Å². The molecule has 112 valence electrons. The summed E-state index contributed by atoms with van der Waals surface area (Å²) in [6, 6.07) is -0.825. The van der Waals surface area contributed by atoms with Crippen LogP contribution in [0.5, 0.6) is 0 Å². The van der Waals surface area contributed by atoms with Crippen LogP contribution in [0.4, 0.5) is 19.3 Å². The maximum absolute atomic E-state index is 12.3. The normalized spacial score (nSPS) is 10.6. The van der Waals surface area contributed by atoms with E-state index < -0.39 is 31.6 Å². The van der Waals surface area contributed by atoms with Crippen LogP contribution in [0.3, 0.4) is 0 Å². The number of urea groups is 1. The first-order chi connectivity index (χ1) is 9.42. The quantitative estimate of drug-likeness (QED) is 0.658. The summed E-state index contributed by atoms with van der Waals surface area (Å²) in [5.74, 6) is -1.11. The van der Waals surface area contributed by atoms with Crippen molar-refractivity contribution in [2.45, 2.75) is 13.0 Å². The first-order valence-corrected chi connectivity index (χ1v) is 5.61. The fourth-order valence-corrected chi connectivity index (χ4v) is 1.42. The monoisotopic (exact) mass is 292 g/mol. The largest absolute Gasteiger partial charge is 0.480 e. The number of alkyl halides is 2. The Morgan fingerprint density at radius 1 is 1.50 bits per heavy atom. The second-order valence-corrected chi connectivity index (χ2v) is 3.81. The van der Waals surface area contributed by atoms with Gasteiger partial charge in [-0.2, -0.15) is 5.10 Å². The minimum atomic E-state index is -2.72. The number of aliphatic carboxylic acids is 1. The predicted octanol–water partition coefficient (Wildman–Crippen LogP) is 0.0590. The lowest BCUT2D eigenvalue weighted by molar-refractivity contribution is -0.137. The Morgan fingerprint density at radius 3 is 2.75 bits per heavy atom. The number of carbonyl (C=O) groups is 2. The molecule has 0 unspecified atom stereocenters. The van der Waals surface area contributed by atoms with E-state index in [2.05, 4.69) is 10.4 Å². The van der Waals surface area contributed by atoms with Crippen molar-refractivity contribution in [3.63, 3.8) is 0 Å². The summed E-state index contributed by atoms with van der Waals surface area (Å²) < 4.78 is 25.6. The average Bonchev–Trinajstić information content (AvgIpc) is 2.74. The topological polar surface area (TPSA) is 108 Å². The third kappa shape index (κ3) is 5.18. The summed E-state index contributed by atoms with van der Waals surface area (Å²) in [6.07, 6.45) is -0.270. The molecule has 0 aromatic carbocycles. The first-order valence-electron chi connectivity index (χ1n) is 5.61. The number of nitrogens with zero attached hydrogens (tertiary/aromatic N) is 3. The molecular formula is C10H14F2N4O4. The number of hydrogen-bond acceptors (Lipinski definition) is 4. The second-order valence-electron chi connectivity index (χ2n) is 3.81. The minimum Gasteiger partial charge on any atom is -0.480 e. The highest BCUT2D eigenvalue weighted by molar-refractivity contribution is 5.89. The number of carboxylic acids is 1. The van der Waals surface area contributed by atoms with Crippen LogP contribution in [-0.2, 0) is 11.3 Å². The van der Waals surface area contributed by atoms with Crippen LogP contribution in [0.1, 0.15) is 0 Å². The van der Waals surface area contributed by atoms with E-state index in [0.717, 1.165) is 9.58 Å². The fourth-order valence-electron chi connectivity index (χ4n) is 1.42. The maximum atomic E-state index is 12.3. The number of nitrogens with one attached hydrogen (secondary N) is 1. The number of amides is 2. The summed E-state index contributed by atoms with van der Waals surface area (Å²) in [6.45, 7) is -1.87. The van der Waals surface area contributed by atoms with Gasteiger partial charge in [0.15, 0.2) is 0 Å².